The summed E-state index contributed by atoms with van der Waals surface area (Å²) < 4.78 is 12.3. The van der Waals surface area contributed by atoms with E-state index in [0.717, 1.165) is 44.4 Å². The zero-order valence-electron chi connectivity index (χ0n) is 15.2. The van der Waals surface area contributed by atoms with Crippen molar-refractivity contribution in [2.45, 2.75) is 62.4 Å². The van der Waals surface area contributed by atoms with Crippen LogP contribution >= 0.6 is 0 Å². The molecule has 0 unspecified atom stereocenters. The van der Waals surface area contributed by atoms with Gasteiger partial charge in [-0.1, -0.05) is 18.2 Å². The number of rotatable bonds is 4. The second kappa shape index (κ2) is 6.61. The van der Waals surface area contributed by atoms with Crippen molar-refractivity contribution in [3.63, 3.8) is 0 Å². The van der Waals surface area contributed by atoms with E-state index in [1.54, 1.807) is 19.0 Å². The van der Waals surface area contributed by atoms with E-state index in [0.29, 0.717) is 6.04 Å². The quantitative estimate of drug-likeness (QED) is 0.912. The minimum Gasteiger partial charge on any atom is -0.487 e. The minimum atomic E-state index is -0.276. The topological polar surface area (TPSA) is 50.8 Å². The molecule has 3 aliphatic rings. The number of amides is 1. The molecule has 5 heteroatoms. The fourth-order valence-corrected chi connectivity index (χ4v) is 4.28. The van der Waals surface area contributed by atoms with Crippen molar-refractivity contribution in [2.24, 2.45) is 0 Å². The molecule has 2 fully saturated rings. The second-order valence-corrected chi connectivity index (χ2v) is 7.90. The molecule has 4 rings (SSSR count). The van der Waals surface area contributed by atoms with Gasteiger partial charge in [-0.25, -0.2) is 0 Å². The third-order valence-corrected chi connectivity index (χ3v) is 5.88. The number of fused-ring (bicyclic) bond motifs is 1. The third-order valence-electron chi connectivity index (χ3n) is 5.88. The average molecular weight is 344 g/mol. The van der Waals surface area contributed by atoms with Gasteiger partial charge in [-0.15, -0.1) is 0 Å². The summed E-state index contributed by atoms with van der Waals surface area (Å²) in [6.45, 7) is 0.784. The number of carbonyl (C=O) groups excluding carboxylic acids is 1. The number of para-hydroxylation sites is 1. The van der Waals surface area contributed by atoms with E-state index < -0.39 is 0 Å². The Morgan fingerprint density at radius 1 is 1.28 bits per heavy atom. The molecule has 0 radical (unpaired) electrons. The standard InChI is InChI=1S/C20H28N2O3/c1-22(2)19(23)18-9-8-14(24-18)13-21-16-12-20(10-5-11-20)25-17-7-4-3-6-15(16)17/h3-4,6-7,14,16,18,21H,5,8-13H2,1-2H3/t14-,16-,18-/m0/s1. The fraction of sp³-hybridized carbons (Fsp3) is 0.650. The molecule has 3 atom stereocenters. The molecule has 0 bridgehead atoms. The Hall–Kier alpha value is -1.59. The first-order valence-corrected chi connectivity index (χ1v) is 9.44. The van der Waals surface area contributed by atoms with Gasteiger partial charge in [0.1, 0.15) is 17.5 Å². The van der Waals surface area contributed by atoms with Crippen LogP contribution in [0.2, 0.25) is 0 Å². The monoisotopic (exact) mass is 344 g/mol. The molecule has 5 nitrogen and oxygen atoms in total. The van der Waals surface area contributed by atoms with Crippen LogP contribution in [0.15, 0.2) is 24.3 Å². The van der Waals surface area contributed by atoms with E-state index in [9.17, 15) is 4.79 Å². The van der Waals surface area contributed by atoms with Crippen LogP contribution in [-0.2, 0) is 9.53 Å². The normalized spacial score (nSPS) is 29.6. The summed E-state index contributed by atoms with van der Waals surface area (Å²) in [4.78, 5) is 13.7. The maximum Gasteiger partial charge on any atom is 0.251 e. The fourth-order valence-electron chi connectivity index (χ4n) is 4.28. The van der Waals surface area contributed by atoms with Crippen LogP contribution in [0.5, 0.6) is 5.75 Å². The summed E-state index contributed by atoms with van der Waals surface area (Å²) >= 11 is 0. The van der Waals surface area contributed by atoms with Gasteiger partial charge >= 0.3 is 0 Å². The van der Waals surface area contributed by atoms with Crippen LogP contribution < -0.4 is 10.1 Å². The van der Waals surface area contributed by atoms with Gasteiger partial charge in [-0.2, -0.15) is 0 Å². The van der Waals surface area contributed by atoms with Crippen molar-refractivity contribution in [1.82, 2.24) is 10.2 Å². The van der Waals surface area contributed by atoms with Gasteiger partial charge in [0.25, 0.3) is 5.91 Å². The van der Waals surface area contributed by atoms with Gasteiger partial charge < -0.3 is 19.7 Å². The SMILES string of the molecule is CN(C)C(=O)[C@@H]1CC[C@@H](CN[C@H]2CC3(CCC3)Oc3ccccc32)O1. The number of benzene rings is 1. The number of hydrogen-bond acceptors (Lipinski definition) is 4. The lowest BCUT2D eigenvalue weighted by atomic mass is 9.73. The Labute approximate surface area is 149 Å². The first kappa shape index (κ1) is 16.9. The Bertz CT molecular complexity index is 642. The number of ether oxygens (including phenoxy) is 2. The molecule has 1 N–H and O–H groups in total. The molecular formula is C20H28N2O3. The number of nitrogens with zero attached hydrogens (tertiary/aromatic N) is 1. The van der Waals surface area contributed by atoms with Gasteiger partial charge in [-0.05, 0) is 38.2 Å². The van der Waals surface area contributed by atoms with Crippen molar-refractivity contribution >= 4 is 5.91 Å². The zero-order valence-corrected chi connectivity index (χ0v) is 15.2. The van der Waals surface area contributed by atoms with Crippen molar-refractivity contribution < 1.29 is 14.3 Å². The zero-order chi connectivity index (χ0) is 17.4. The van der Waals surface area contributed by atoms with E-state index in [1.807, 2.05) is 6.07 Å². The smallest absolute Gasteiger partial charge is 0.251 e. The Kier molecular flexibility index (Phi) is 4.46. The predicted molar refractivity (Wildman–Crippen MR) is 95.6 cm³/mol. The van der Waals surface area contributed by atoms with E-state index in [-0.39, 0.29) is 23.7 Å². The molecule has 0 aromatic heterocycles. The lowest BCUT2D eigenvalue weighted by molar-refractivity contribution is -0.140. The predicted octanol–water partition coefficient (Wildman–Crippen LogP) is 2.66. The lowest BCUT2D eigenvalue weighted by Crippen LogP contribution is -2.49. The second-order valence-electron chi connectivity index (χ2n) is 7.90. The summed E-state index contributed by atoms with van der Waals surface area (Å²) in [5.41, 5.74) is 1.28. The Morgan fingerprint density at radius 2 is 2.08 bits per heavy atom. The van der Waals surface area contributed by atoms with Crippen LogP contribution in [-0.4, -0.2) is 49.3 Å². The van der Waals surface area contributed by atoms with Crippen LogP contribution in [0, 0.1) is 0 Å². The number of hydrogen-bond donors (Lipinski definition) is 1. The average Bonchev–Trinajstić information content (AvgIpc) is 3.06. The number of likely N-dealkylation sites (N-methyl/N-ethyl adjacent to an activating group) is 1. The van der Waals surface area contributed by atoms with Crippen molar-refractivity contribution in [1.29, 1.82) is 0 Å². The molecule has 1 aromatic carbocycles. The third kappa shape index (κ3) is 3.27. The van der Waals surface area contributed by atoms with Gasteiger partial charge in [0.15, 0.2) is 0 Å². The van der Waals surface area contributed by atoms with Crippen LogP contribution in [0.4, 0.5) is 0 Å². The molecule has 136 valence electrons. The summed E-state index contributed by atoms with van der Waals surface area (Å²) in [5, 5.41) is 3.70. The van der Waals surface area contributed by atoms with Gasteiger partial charge in [-0.3, -0.25) is 4.79 Å². The van der Waals surface area contributed by atoms with E-state index >= 15 is 0 Å². The highest BCUT2D eigenvalue weighted by Crippen LogP contribution is 2.48. The highest BCUT2D eigenvalue weighted by atomic mass is 16.5. The van der Waals surface area contributed by atoms with Gasteiger partial charge in [0.05, 0.1) is 6.10 Å². The molecule has 1 amide bonds. The van der Waals surface area contributed by atoms with E-state index in [2.05, 4.69) is 23.5 Å². The molecule has 1 spiro atoms. The number of carbonyl (C=O) groups is 1. The van der Waals surface area contributed by atoms with Crippen LogP contribution in [0.3, 0.4) is 0 Å². The summed E-state index contributed by atoms with van der Waals surface area (Å²) in [5.74, 6) is 1.10. The molecule has 2 heterocycles. The molecule has 1 aliphatic carbocycles. The van der Waals surface area contributed by atoms with E-state index in [1.165, 1.54) is 12.0 Å². The Balaban J connectivity index is 1.39. The minimum absolute atomic E-state index is 0.0337. The molecular weight excluding hydrogens is 316 g/mol. The maximum atomic E-state index is 12.1. The summed E-state index contributed by atoms with van der Waals surface area (Å²) in [6, 6.07) is 8.67. The van der Waals surface area contributed by atoms with Gasteiger partial charge in [0.2, 0.25) is 0 Å². The maximum absolute atomic E-state index is 12.1. The molecule has 25 heavy (non-hydrogen) atoms. The molecule has 1 aromatic rings. The van der Waals surface area contributed by atoms with Crippen LogP contribution in [0.1, 0.15) is 50.1 Å². The summed E-state index contributed by atoms with van der Waals surface area (Å²) in [6.07, 6.45) is 6.18. The molecule has 1 saturated heterocycles. The molecule has 2 aliphatic heterocycles. The first-order chi connectivity index (χ1) is 12.1. The lowest BCUT2D eigenvalue weighted by Gasteiger charge is -2.48. The number of nitrogens with one attached hydrogen (secondary N) is 1. The highest BCUT2D eigenvalue weighted by Gasteiger charge is 2.45. The first-order valence-electron chi connectivity index (χ1n) is 9.44. The van der Waals surface area contributed by atoms with Crippen molar-refractivity contribution in [3.8, 4) is 5.75 Å². The van der Waals surface area contributed by atoms with E-state index in [4.69, 9.17) is 9.47 Å². The molecule has 1 saturated carbocycles. The van der Waals surface area contributed by atoms with Crippen LogP contribution in [0.25, 0.3) is 0 Å². The highest BCUT2D eigenvalue weighted by molar-refractivity contribution is 5.80. The Morgan fingerprint density at radius 3 is 2.80 bits per heavy atom. The van der Waals surface area contributed by atoms with Gasteiger partial charge in [0, 0.05) is 38.7 Å². The largest absolute Gasteiger partial charge is 0.487 e. The summed E-state index contributed by atoms with van der Waals surface area (Å²) in [7, 11) is 3.57. The van der Waals surface area contributed by atoms with Crippen molar-refractivity contribution in [3.05, 3.63) is 29.8 Å². The van der Waals surface area contributed by atoms with Crippen molar-refractivity contribution in [2.75, 3.05) is 20.6 Å².